The molecule has 0 unspecified atom stereocenters. The van der Waals surface area contributed by atoms with Gasteiger partial charge in [-0.25, -0.2) is 9.67 Å². The first-order valence-electron chi connectivity index (χ1n) is 5.84. The van der Waals surface area contributed by atoms with Crippen LogP contribution in [0.5, 0.6) is 0 Å². The summed E-state index contributed by atoms with van der Waals surface area (Å²) in [5, 5.41) is 4.24. The van der Waals surface area contributed by atoms with Gasteiger partial charge >= 0.3 is 6.18 Å². The molecule has 1 aliphatic rings. The zero-order valence-corrected chi connectivity index (χ0v) is 9.85. The van der Waals surface area contributed by atoms with E-state index in [1.165, 1.54) is 4.68 Å². The molecule has 1 fully saturated rings. The van der Waals surface area contributed by atoms with E-state index in [2.05, 4.69) is 10.1 Å². The highest BCUT2D eigenvalue weighted by atomic mass is 19.4. The maximum absolute atomic E-state index is 12.7. The molecule has 2 aromatic rings. The van der Waals surface area contributed by atoms with Gasteiger partial charge in [-0.3, -0.25) is 0 Å². The van der Waals surface area contributed by atoms with Gasteiger partial charge in [-0.1, -0.05) is 0 Å². The van der Waals surface area contributed by atoms with Gasteiger partial charge in [0.05, 0.1) is 11.3 Å². The van der Waals surface area contributed by atoms with Crippen LogP contribution < -0.4 is 5.73 Å². The molecule has 0 aromatic carbocycles. The molecule has 0 bridgehead atoms. The Balaban J connectivity index is 2.01. The molecule has 100 valence electrons. The topological polar surface area (TPSA) is 56.7 Å². The van der Waals surface area contributed by atoms with E-state index in [0.29, 0.717) is 5.92 Å². The summed E-state index contributed by atoms with van der Waals surface area (Å²) in [6.07, 6.45) is -0.682. The minimum absolute atomic E-state index is 0.0826. The van der Waals surface area contributed by atoms with Crippen molar-refractivity contribution in [2.24, 2.45) is 0 Å². The number of anilines is 1. The number of nitrogens with two attached hydrogens (primary N) is 1. The molecular formula is C12H11F3N4. The smallest absolute Gasteiger partial charge is 0.384 e. The lowest BCUT2D eigenvalue weighted by Gasteiger charge is -2.09. The molecule has 4 nitrogen and oxygen atoms in total. The van der Waals surface area contributed by atoms with Gasteiger partial charge in [-0.15, -0.1) is 0 Å². The van der Waals surface area contributed by atoms with Gasteiger partial charge in [0.15, 0.2) is 5.82 Å². The highest BCUT2D eigenvalue weighted by molar-refractivity contribution is 5.41. The number of halogens is 3. The molecule has 7 heteroatoms. The average Bonchev–Trinajstić information content (AvgIpc) is 3.05. The van der Waals surface area contributed by atoms with Gasteiger partial charge in [0.2, 0.25) is 0 Å². The Kier molecular flexibility index (Phi) is 2.51. The van der Waals surface area contributed by atoms with Crippen LogP contribution in [0.3, 0.4) is 0 Å². The average molecular weight is 268 g/mol. The van der Waals surface area contributed by atoms with Crippen molar-refractivity contribution in [3.63, 3.8) is 0 Å². The summed E-state index contributed by atoms with van der Waals surface area (Å²) >= 11 is 0. The SMILES string of the molecule is Nc1cc(C(F)(F)F)cc(-n2ccc(C3CC3)n2)n1. The molecule has 0 amide bonds. The van der Waals surface area contributed by atoms with Crippen molar-refractivity contribution in [2.75, 3.05) is 5.73 Å². The van der Waals surface area contributed by atoms with Gasteiger partial charge in [-0.2, -0.15) is 18.3 Å². The van der Waals surface area contributed by atoms with Crippen molar-refractivity contribution in [1.82, 2.24) is 14.8 Å². The predicted molar refractivity (Wildman–Crippen MR) is 62.7 cm³/mol. The minimum Gasteiger partial charge on any atom is -0.384 e. The van der Waals surface area contributed by atoms with Gasteiger partial charge in [0.1, 0.15) is 5.82 Å². The number of hydrogen-bond acceptors (Lipinski definition) is 3. The van der Waals surface area contributed by atoms with E-state index in [4.69, 9.17) is 5.73 Å². The lowest BCUT2D eigenvalue weighted by Crippen LogP contribution is -2.10. The molecule has 0 radical (unpaired) electrons. The second kappa shape index (κ2) is 3.97. The van der Waals surface area contributed by atoms with Gasteiger partial charge in [0.25, 0.3) is 0 Å². The van der Waals surface area contributed by atoms with Crippen LogP contribution in [0.15, 0.2) is 24.4 Å². The minimum atomic E-state index is -4.45. The zero-order chi connectivity index (χ0) is 13.6. The first-order valence-corrected chi connectivity index (χ1v) is 5.84. The first kappa shape index (κ1) is 12.0. The molecule has 3 rings (SSSR count). The summed E-state index contributed by atoms with van der Waals surface area (Å²) in [6.45, 7) is 0. The van der Waals surface area contributed by atoms with Crippen molar-refractivity contribution in [2.45, 2.75) is 24.9 Å². The summed E-state index contributed by atoms with van der Waals surface area (Å²) in [6, 6.07) is 3.56. The maximum atomic E-state index is 12.7. The van der Waals surface area contributed by atoms with Gasteiger partial charge in [0, 0.05) is 12.1 Å². The summed E-state index contributed by atoms with van der Waals surface area (Å²) in [5.74, 6) is 0.344. The summed E-state index contributed by atoms with van der Waals surface area (Å²) in [4.78, 5) is 3.89. The summed E-state index contributed by atoms with van der Waals surface area (Å²) in [5.41, 5.74) is 5.49. The van der Waals surface area contributed by atoms with Crippen LogP contribution >= 0.6 is 0 Å². The third kappa shape index (κ3) is 2.40. The van der Waals surface area contributed by atoms with Crippen molar-refractivity contribution >= 4 is 5.82 Å². The van der Waals surface area contributed by atoms with Crippen LogP contribution in [-0.4, -0.2) is 14.8 Å². The molecule has 2 aromatic heterocycles. The molecule has 1 aliphatic carbocycles. The van der Waals surface area contributed by atoms with Crippen LogP contribution in [0.25, 0.3) is 5.82 Å². The van der Waals surface area contributed by atoms with Crippen LogP contribution in [0.4, 0.5) is 19.0 Å². The third-order valence-electron chi connectivity index (χ3n) is 3.00. The molecular weight excluding hydrogens is 257 g/mol. The van der Waals surface area contributed by atoms with E-state index in [1.54, 1.807) is 12.3 Å². The molecule has 19 heavy (non-hydrogen) atoms. The number of nitrogen functional groups attached to an aromatic ring is 1. The van der Waals surface area contributed by atoms with E-state index in [9.17, 15) is 13.2 Å². The number of hydrogen-bond donors (Lipinski definition) is 1. The fourth-order valence-corrected chi connectivity index (χ4v) is 1.88. The van der Waals surface area contributed by atoms with E-state index in [0.717, 1.165) is 30.7 Å². The van der Waals surface area contributed by atoms with Crippen molar-refractivity contribution in [3.8, 4) is 5.82 Å². The molecule has 0 atom stereocenters. The normalized spacial score (nSPS) is 15.7. The largest absolute Gasteiger partial charge is 0.416 e. The summed E-state index contributed by atoms with van der Waals surface area (Å²) in [7, 11) is 0. The Morgan fingerprint density at radius 3 is 2.63 bits per heavy atom. The number of aromatic nitrogens is 3. The Labute approximate surface area is 107 Å². The predicted octanol–water partition coefficient (Wildman–Crippen LogP) is 2.75. The monoisotopic (exact) mass is 268 g/mol. The highest BCUT2D eigenvalue weighted by Crippen LogP contribution is 2.39. The number of rotatable bonds is 2. The lowest BCUT2D eigenvalue weighted by molar-refractivity contribution is -0.137. The van der Waals surface area contributed by atoms with Crippen LogP contribution in [-0.2, 0) is 6.18 Å². The lowest BCUT2D eigenvalue weighted by atomic mass is 10.2. The first-order chi connectivity index (χ1) is 8.93. The Hall–Kier alpha value is -2.05. The van der Waals surface area contributed by atoms with E-state index >= 15 is 0 Å². The molecule has 0 aliphatic heterocycles. The fourth-order valence-electron chi connectivity index (χ4n) is 1.88. The van der Waals surface area contributed by atoms with E-state index in [1.807, 2.05) is 0 Å². The standard InChI is InChI=1S/C12H11F3N4/c13-12(14,15)8-5-10(16)17-11(6-8)19-4-3-9(18-19)7-1-2-7/h3-7H,1-2H2,(H2,16,17). The number of nitrogens with zero attached hydrogens (tertiary/aromatic N) is 3. The zero-order valence-electron chi connectivity index (χ0n) is 9.85. The Morgan fingerprint density at radius 2 is 2.00 bits per heavy atom. The molecule has 1 saturated carbocycles. The van der Waals surface area contributed by atoms with Gasteiger partial charge < -0.3 is 5.73 Å². The number of alkyl halides is 3. The Morgan fingerprint density at radius 1 is 1.26 bits per heavy atom. The quantitative estimate of drug-likeness (QED) is 0.911. The van der Waals surface area contributed by atoms with Crippen LogP contribution in [0.1, 0.15) is 30.0 Å². The van der Waals surface area contributed by atoms with Crippen molar-refractivity contribution < 1.29 is 13.2 Å². The van der Waals surface area contributed by atoms with Crippen LogP contribution in [0.2, 0.25) is 0 Å². The Bertz CT molecular complexity index is 614. The van der Waals surface area contributed by atoms with Crippen molar-refractivity contribution in [1.29, 1.82) is 0 Å². The van der Waals surface area contributed by atoms with E-state index in [-0.39, 0.29) is 11.6 Å². The molecule has 0 spiro atoms. The third-order valence-corrected chi connectivity index (χ3v) is 3.00. The number of pyridine rings is 1. The second-order valence-corrected chi connectivity index (χ2v) is 4.60. The fraction of sp³-hybridized carbons (Fsp3) is 0.333. The molecule has 0 saturated heterocycles. The highest BCUT2D eigenvalue weighted by Gasteiger charge is 2.32. The van der Waals surface area contributed by atoms with Crippen LogP contribution in [0, 0.1) is 0 Å². The van der Waals surface area contributed by atoms with E-state index < -0.39 is 11.7 Å². The van der Waals surface area contributed by atoms with Gasteiger partial charge in [-0.05, 0) is 31.0 Å². The van der Waals surface area contributed by atoms with Crippen molar-refractivity contribution in [3.05, 3.63) is 35.7 Å². The summed E-state index contributed by atoms with van der Waals surface area (Å²) < 4.78 is 39.4. The maximum Gasteiger partial charge on any atom is 0.416 e. The molecule has 2 N–H and O–H groups in total. The second-order valence-electron chi connectivity index (χ2n) is 4.60. The molecule has 2 heterocycles.